The van der Waals surface area contributed by atoms with Crippen LogP contribution in [0.15, 0.2) is 24.3 Å². The SMILES string of the molecule is Cc1ccccc1[C@H](CO)N1CCCC1. The molecule has 0 aromatic heterocycles. The number of rotatable bonds is 3. The van der Waals surface area contributed by atoms with Gasteiger partial charge < -0.3 is 5.11 Å². The largest absolute Gasteiger partial charge is 0.394 e. The fourth-order valence-corrected chi connectivity index (χ4v) is 2.42. The van der Waals surface area contributed by atoms with Gasteiger partial charge in [-0.25, -0.2) is 0 Å². The van der Waals surface area contributed by atoms with Gasteiger partial charge in [0.05, 0.1) is 12.6 Å². The van der Waals surface area contributed by atoms with Gasteiger partial charge in [0, 0.05) is 0 Å². The van der Waals surface area contributed by atoms with Crippen LogP contribution in [0.5, 0.6) is 0 Å². The second-order valence-electron chi connectivity index (χ2n) is 4.30. The van der Waals surface area contributed by atoms with Crippen molar-refractivity contribution >= 4 is 0 Å². The summed E-state index contributed by atoms with van der Waals surface area (Å²) in [6.45, 7) is 4.60. The van der Waals surface area contributed by atoms with Gasteiger partial charge in [0.1, 0.15) is 0 Å². The summed E-state index contributed by atoms with van der Waals surface area (Å²) in [5.74, 6) is 0. The molecule has 1 heterocycles. The van der Waals surface area contributed by atoms with Crippen molar-refractivity contribution in [1.82, 2.24) is 4.90 Å². The Balaban J connectivity index is 2.22. The van der Waals surface area contributed by atoms with Crippen molar-refractivity contribution in [2.24, 2.45) is 0 Å². The highest BCUT2D eigenvalue weighted by Crippen LogP contribution is 2.26. The highest BCUT2D eigenvalue weighted by Gasteiger charge is 2.23. The highest BCUT2D eigenvalue weighted by atomic mass is 16.3. The fourth-order valence-electron chi connectivity index (χ4n) is 2.42. The first-order valence-corrected chi connectivity index (χ1v) is 5.73. The molecule has 0 aliphatic carbocycles. The van der Waals surface area contributed by atoms with Crippen molar-refractivity contribution in [2.45, 2.75) is 25.8 Å². The maximum absolute atomic E-state index is 9.52. The molecule has 1 fully saturated rings. The molecular formula is C13H19NO. The number of aliphatic hydroxyl groups is 1. The van der Waals surface area contributed by atoms with Gasteiger partial charge in [0.25, 0.3) is 0 Å². The molecule has 1 aliphatic heterocycles. The van der Waals surface area contributed by atoms with Gasteiger partial charge in [-0.1, -0.05) is 24.3 Å². The first kappa shape index (κ1) is 10.7. The summed E-state index contributed by atoms with van der Waals surface area (Å²) in [7, 11) is 0. The zero-order chi connectivity index (χ0) is 10.7. The van der Waals surface area contributed by atoms with E-state index in [-0.39, 0.29) is 12.6 Å². The number of hydrogen-bond donors (Lipinski definition) is 1. The van der Waals surface area contributed by atoms with Crippen molar-refractivity contribution < 1.29 is 5.11 Å². The van der Waals surface area contributed by atoms with Gasteiger partial charge in [-0.05, 0) is 44.0 Å². The molecule has 2 rings (SSSR count). The molecule has 0 radical (unpaired) electrons. The predicted octanol–water partition coefficient (Wildman–Crippen LogP) is 2.12. The average Bonchev–Trinajstić information content (AvgIpc) is 2.75. The quantitative estimate of drug-likeness (QED) is 0.817. The number of nitrogens with zero attached hydrogens (tertiary/aromatic N) is 1. The molecule has 2 nitrogen and oxygen atoms in total. The molecule has 1 aromatic carbocycles. The lowest BCUT2D eigenvalue weighted by molar-refractivity contribution is 0.146. The molecule has 1 aliphatic rings. The van der Waals surface area contributed by atoms with Crippen LogP contribution in [0.4, 0.5) is 0 Å². The molecule has 0 bridgehead atoms. The molecular weight excluding hydrogens is 186 g/mol. The van der Waals surface area contributed by atoms with E-state index >= 15 is 0 Å². The van der Waals surface area contributed by atoms with E-state index in [9.17, 15) is 5.11 Å². The van der Waals surface area contributed by atoms with Crippen LogP contribution in [-0.2, 0) is 0 Å². The van der Waals surface area contributed by atoms with Gasteiger partial charge in [0.2, 0.25) is 0 Å². The molecule has 1 saturated heterocycles. The first-order valence-electron chi connectivity index (χ1n) is 5.73. The Morgan fingerprint density at radius 3 is 2.53 bits per heavy atom. The van der Waals surface area contributed by atoms with E-state index in [0.717, 1.165) is 13.1 Å². The van der Waals surface area contributed by atoms with Gasteiger partial charge in [-0.3, -0.25) is 4.90 Å². The second-order valence-corrected chi connectivity index (χ2v) is 4.30. The third-order valence-corrected chi connectivity index (χ3v) is 3.30. The monoisotopic (exact) mass is 205 g/mol. The minimum atomic E-state index is 0.202. The second kappa shape index (κ2) is 4.77. The van der Waals surface area contributed by atoms with Crippen LogP contribution < -0.4 is 0 Å². The predicted molar refractivity (Wildman–Crippen MR) is 61.8 cm³/mol. The van der Waals surface area contributed by atoms with E-state index in [4.69, 9.17) is 0 Å². The summed E-state index contributed by atoms with van der Waals surface area (Å²) in [6, 6.07) is 8.56. The molecule has 1 aromatic rings. The van der Waals surface area contributed by atoms with Crippen LogP contribution >= 0.6 is 0 Å². The summed E-state index contributed by atoms with van der Waals surface area (Å²) >= 11 is 0. The number of likely N-dealkylation sites (tertiary alicyclic amines) is 1. The standard InChI is InChI=1S/C13H19NO/c1-11-6-2-3-7-12(11)13(10-15)14-8-4-5-9-14/h2-3,6-7,13,15H,4-5,8-10H2,1H3/t13-/m0/s1. The number of benzene rings is 1. The third-order valence-electron chi connectivity index (χ3n) is 3.30. The Labute approximate surface area is 91.5 Å². The minimum Gasteiger partial charge on any atom is -0.394 e. The van der Waals surface area contributed by atoms with Gasteiger partial charge in [-0.2, -0.15) is 0 Å². The van der Waals surface area contributed by atoms with E-state index in [1.54, 1.807) is 0 Å². The van der Waals surface area contributed by atoms with Crippen LogP contribution in [0.1, 0.15) is 30.0 Å². The Hall–Kier alpha value is -0.860. The molecule has 0 saturated carbocycles. The molecule has 1 atom stereocenters. The minimum absolute atomic E-state index is 0.202. The topological polar surface area (TPSA) is 23.5 Å². The number of aryl methyl sites for hydroxylation is 1. The Kier molecular flexibility index (Phi) is 3.39. The van der Waals surface area contributed by atoms with Crippen LogP contribution in [0.3, 0.4) is 0 Å². The third kappa shape index (κ3) is 2.21. The number of hydrogen-bond acceptors (Lipinski definition) is 2. The van der Waals surface area contributed by atoms with Crippen molar-refractivity contribution in [1.29, 1.82) is 0 Å². The van der Waals surface area contributed by atoms with E-state index in [1.807, 2.05) is 0 Å². The maximum atomic E-state index is 9.52. The lowest BCUT2D eigenvalue weighted by Gasteiger charge is -2.27. The highest BCUT2D eigenvalue weighted by molar-refractivity contribution is 5.29. The summed E-state index contributed by atoms with van der Waals surface area (Å²) < 4.78 is 0. The van der Waals surface area contributed by atoms with Gasteiger partial charge in [0.15, 0.2) is 0 Å². The lowest BCUT2D eigenvalue weighted by atomic mass is 10.0. The Morgan fingerprint density at radius 2 is 1.93 bits per heavy atom. The van der Waals surface area contributed by atoms with Crippen LogP contribution in [0.25, 0.3) is 0 Å². The molecule has 15 heavy (non-hydrogen) atoms. The number of aliphatic hydroxyl groups excluding tert-OH is 1. The summed E-state index contributed by atoms with van der Waals surface area (Å²) in [6.07, 6.45) is 2.53. The molecule has 1 N–H and O–H groups in total. The van der Waals surface area contributed by atoms with Crippen LogP contribution in [0, 0.1) is 6.92 Å². The van der Waals surface area contributed by atoms with E-state index in [2.05, 4.69) is 36.1 Å². The van der Waals surface area contributed by atoms with Crippen molar-refractivity contribution in [3.63, 3.8) is 0 Å². The zero-order valence-corrected chi connectivity index (χ0v) is 9.32. The zero-order valence-electron chi connectivity index (χ0n) is 9.32. The molecule has 0 amide bonds. The maximum Gasteiger partial charge on any atom is 0.0628 e. The molecule has 0 unspecified atom stereocenters. The lowest BCUT2D eigenvalue weighted by Crippen LogP contribution is -2.28. The van der Waals surface area contributed by atoms with Gasteiger partial charge in [-0.15, -0.1) is 0 Å². The fraction of sp³-hybridized carbons (Fsp3) is 0.538. The van der Waals surface area contributed by atoms with Crippen molar-refractivity contribution in [3.05, 3.63) is 35.4 Å². The van der Waals surface area contributed by atoms with Gasteiger partial charge >= 0.3 is 0 Å². The molecule has 2 heteroatoms. The Bertz CT molecular complexity index is 318. The smallest absolute Gasteiger partial charge is 0.0628 e. The van der Waals surface area contributed by atoms with E-state index in [0.29, 0.717) is 0 Å². The van der Waals surface area contributed by atoms with Crippen molar-refractivity contribution in [2.75, 3.05) is 19.7 Å². The van der Waals surface area contributed by atoms with E-state index in [1.165, 1.54) is 24.0 Å². The molecule has 82 valence electrons. The normalized spacial score (nSPS) is 19.3. The summed E-state index contributed by atoms with van der Waals surface area (Å²) in [5, 5.41) is 9.52. The van der Waals surface area contributed by atoms with E-state index < -0.39 is 0 Å². The van der Waals surface area contributed by atoms with Crippen LogP contribution in [0.2, 0.25) is 0 Å². The summed E-state index contributed by atoms with van der Waals surface area (Å²) in [5.41, 5.74) is 2.56. The van der Waals surface area contributed by atoms with Crippen molar-refractivity contribution in [3.8, 4) is 0 Å². The Morgan fingerprint density at radius 1 is 1.27 bits per heavy atom. The first-order chi connectivity index (χ1) is 7.33. The average molecular weight is 205 g/mol. The molecule has 0 spiro atoms. The van der Waals surface area contributed by atoms with Crippen LogP contribution in [-0.4, -0.2) is 29.7 Å². The summed E-state index contributed by atoms with van der Waals surface area (Å²) in [4.78, 5) is 2.39.